The summed E-state index contributed by atoms with van der Waals surface area (Å²) in [6.45, 7) is 2.34. The lowest BCUT2D eigenvalue weighted by molar-refractivity contribution is 0.0948. The predicted octanol–water partition coefficient (Wildman–Crippen LogP) is -0.241. The van der Waals surface area contributed by atoms with Crippen LogP contribution in [0.2, 0.25) is 0 Å². The van der Waals surface area contributed by atoms with Gasteiger partial charge >= 0.3 is 5.69 Å². The van der Waals surface area contributed by atoms with Crippen LogP contribution in [0, 0.1) is 0 Å². The molecule has 86 valence electrons. The Morgan fingerprint density at radius 1 is 1.44 bits per heavy atom. The van der Waals surface area contributed by atoms with Gasteiger partial charge in [-0.05, 0) is 13.3 Å². The molecule has 0 bridgehead atoms. The Morgan fingerprint density at radius 2 is 2.19 bits per heavy atom. The van der Waals surface area contributed by atoms with E-state index in [0.29, 0.717) is 13.0 Å². The fourth-order valence-electron chi connectivity index (χ4n) is 1.12. The molecule has 1 rings (SSSR count). The molecule has 0 unspecified atom stereocenters. The van der Waals surface area contributed by atoms with Crippen molar-refractivity contribution in [2.45, 2.75) is 13.3 Å². The number of rotatable bonds is 4. The molecule has 16 heavy (non-hydrogen) atoms. The molecule has 0 atom stereocenters. The van der Waals surface area contributed by atoms with E-state index in [-0.39, 0.29) is 5.69 Å². The van der Waals surface area contributed by atoms with Crippen molar-refractivity contribution in [2.75, 3.05) is 6.54 Å². The second-order valence-electron chi connectivity index (χ2n) is 3.11. The Bertz CT molecular complexity index is 470. The number of nitrogens with one attached hydrogen (secondary N) is 3. The van der Waals surface area contributed by atoms with Gasteiger partial charge in [0.2, 0.25) is 0 Å². The first-order valence-electron chi connectivity index (χ1n) is 4.86. The highest BCUT2D eigenvalue weighted by atomic mass is 16.2. The lowest BCUT2D eigenvalue weighted by Crippen LogP contribution is -2.31. The second-order valence-corrected chi connectivity index (χ2v) is 3.11. The van der Waals surface area contributed by atoms with E-state index in [1.54, 1.807) is 0 Å². The van der Waals surface area contributed by atoms with Gasteiger partial charge in [-0.2, -0.15) is 0 Å². The zero-order valence-electron chi connectivity index (χ0n) is 8.87. The molecule has 0 fully saturated rings. The third kappa shape index (κ3) is 3.56. The molecule has 6 nitrogen and oxygen atoms in total. The molecule has 1 amide bonds. The minimum absolute atomic E-state index is 0.0331. The van der Waals surface area contributed by atoms with E-state index in [1.807, 2.05) is 24.1 Å². The topological polar surface area (TPSA) is 94.8 Å². The van der Waals surface area contributed by atoms with E-state index in [4.69, 9.17) is 0 Å². The molecule has 0 aliphatic heterocycles. The van der Waals surface area contributed by atoms with Gasteiger partial charge in [0.1, 0.15) is 5.69 Å². The normalized spacial score (nSPS) is 10.6. The zero-order chi connectivity index (χ0) is 12.0. The molecule has 3 N–H and O–H groups in total. The van der Waals surface area contributed by atoms with Gasteiger partial charge in [0.25, 0.3) is 11.5 Å². The Balaban J connectivity index is 2.66. The van der Waals surface area contributed by atoms with Crippen molar-refractivity contribution < 1.29 is 4.79 Å². The summed E-state index contributed by atoms with van der Waals surface area (Å²) in [5.41, 5.74) is -1.32. The first-order valence-corrected chi connectivity index (χ1v) is 4.86. The van der Waals surface area contributed by atoms with Crippen LogP contribution in [0.15, 0.2) is 27.8 Å². The smallest absolute Gasteiger partial charge is 0.326 e. The number of H-pyrrole nitrogens is 2. The van der Waals surface area contributed by atoms with Gasteiger partial charge in [-0.3, -0.25) is 14.6 Å². The Hall–Kier alpha value is -2.11. The maximum absolute atomic E-state index is 11.5. The third-order valence-corrected chi connectivity index (χ3v) is 1.84. The van der Waals surface area contributed by atoms with Crippen molar-refractivity contribution in [2.24, 2.45) is 0 Å². The molecule has 0 saturated heterocycles. The first-order chi connectivity index (χ1) is 7.63. The summed E-state index contributed by atoms with van der Waals surface area (Å²) in [6, 6.07) is 1.05. The number of amides is 1. The summed E-state index contributed by atoms with van der Waals surface area (Å²) >= 11 is 0. The number of hydrogen-bond acceptors (Lipinski definition) is 3. The van der Waals surface area contributed by atoms with Gasteiger partial charge in [0.15, 0.2) is 0 Å². The average molecular weight is 223 g/mol. The fraction of sp³-hybridized carbons (Fsp3) is 0.300. The SMILES string of the molecule is C/C=C/CCNC(=O)c1cc(=O)[nH]c(=O)[nH]1. The van der Waals surface area contributed by atoms with E-state index in [2.05, 4.69) is 10.3 Å². The van der Waals surface area contributed by atoms with Crippen LogP contribution in [0.5, 0.6) is 0 Å². The van der Waals surface area contributed by atoms with Gasteiger partial charge in [-0.1, -0.05) is 12.2 Å². The van der Waals surface area contributed by atoms with Gasteiger partial charge in [-0.25, -0.2) is 4.79 Å². The molecule has 1 aromatic heterocycles. The van der Waals surface area contributed by atoms with Gasteiger partial charge in [-0.15, -0.1) is 0 Å². The molecule has 0 spiro atoms. The fourth-order valence-corrected chi connectivity index (χ4v) is 1.12. The van der Waals surface area contributed by atoms with Crippen LogP contribution in [0.25, 0.3) is 0 Å². The average Bonchev–Trinajstić information content (AvgIpc) is 2.22. The largest absolute Gasteiger partial charge is 0.350 e. The third-order valence-electron chi connectivity index (χ3n) is 1.84. The summed E-state index contributed by atoms with van der Waals surface area (Å²) in [4.78, 5) is 37.5. The molecular weight excluding hydrogens is 210 g/mol. The summed E-state index contributed by atoms with van der Waals surface area (Å²) in [5, 5.41) is 2.58. The molecule has 0 aliphatic rings. The standard InChI is InChI=1S/C10H13N3O3/c1-2-3-4-5-11-9(15)7-6-8(14)13-10(16)12-7/h2-3,6H,4-5H2,1H3,(H,11,15)(H2,12,13,14,16)/b3-2+. The summed E-state index contributed by atoms with van der Waals surface area (Å²) in [5.74, 6) is -0.465. The summed E-state index contributed by atoms with van der Waals surface area (Å²) in [7, 11) is 0. The van der Waals surface area contributed by atoms with E-state index >= 15 is 0 Å². The van der Waals surface area contributed by atoms with Crippen LogP contribution in [-0.4, -0.2) is 22.4 Å². The highest BCUT2D eigenvalue weighted by Crippen LogP contribution is 1.86. The van der Waals surface area contributed by atoms with Crippen LogP contribution in [-0.2, 0) is 0 Å². The molecule has 0 saturated carbocycles. The number of allylic oxidation sites excluding steroid dienone is 1. The lowest BCUT2D eigenvalue weighted by atomic mass is 10.3. The number of aromatic nitrogens is 2. The van der Waals surface area contributed by atoms with Crippen LogP contribution in [0.3, 0.4) is 0 Å². The van der Waals surface area contributed by atoms with E-state index in [1.165, 1.54) is 0 Å². The van der Waals surface area contributed by atoms with Gasteiger partial charge in [0, 0.05) is 12.6 Å². The minimum atomic E-state index is -0.689. The van der Waals surface area contributed by atoms with Gasteiger partial charge in [0.05, 0.1) is 0 Å². The molecule has 6 heteroatoms. The minimum Gasteiger partial charge on any atom is -0.350 e. The van der Waals surface area contributed by atoms with Crippen LogP contribution < -0.4 is 16.6 Å². The summed E-state index contributed by atoms with van der Waals surface area (Å²) in [6.07, 6.45) is 4.48. The van der Waals surface area contributed by atoms with E-state index in [0.717, 1.165) is 6.07 Å². The highest BCUT2D eigenvalue weighted by Gasteiger charge is 2.06. The van der Waals surface area contributed by atoms with E-state index in [9.17, 15) is 14.4 Å². The Morgan fingerprint density at radius 3 is 2.81 bits per heavy atom. The van der Waals surface area contributed by atoms with Crippen molar-refractivity contribution in [3.63, 3.8) is 0 Å². The van der Waals surface area contributed by atoms with Gasteiger partial charge < -0.3 is 10.3 Å². The molecule has 1 aromatic rings. The number of hydrogen-bond donors (Lipinski definition) is 3. The molecule has 0 aromatic carbocycles. The maximum atomic E-state index is 11.5. The van der Waals surface area contributed by atoms with E-state index < -0.39 is 17.2 Å². The van der Waals surface area contributed by atoms with Crippen LogP contribution in [0.4, 0.5) is 0 Å². The molecule has 0 radical (unpaired) electrons. The molecule has 1 heterocycles. The van der Waals surface area contributed by atoms with Crippen molar-refractivity contribution >= 4 is 5.91 Å². The Kier molecular flexibility index (Phi) is 4.26. The number of carbonyl (C=O) groups excluding carboxylic acids is 1. The number of aromatic amines is 2. The quantitative estimate of drug-likeness (QED) is 0.485. The second kappa shape index (κ2) is 5.69. The predicted molar refractivity (Wildman–Crippen MR) is 59.4 cm³/mol. The van der Waals surface area contributed by atoms with Crippen molar-refractivity contribution in [1.29, 1.82) is 0 Å². The molecular formula is C10H13N3O3. The van der Waals surface area contributed by atoms with Crippen LogP contribution in [0.1, 0.15) is 23.8 Å². The monoisotopic (exact) mass is 223 g/mol. The summed E-state index contributed by atoms with van der Waals surface area (Å²) < 4.78 is 0. The maximum Gasteiger partial charge on any atom is 0.326 e. The van der Waals surface area contributed by atoms with Crippen molar-refractivity contribution in [1.82, 2.24) is 15.3 Å². The van der Waals surface area contributed by atoms with Crippen molar-refractivity contribution in [3.8, 4) is 0 Å². The lowest BCUT2D eigenvalue weighted by Gasteiger charge is -2.01. The molecule has 0 aliphatic carbocycles. The Labute approximate surface area is 91.4 Å². The highest BCUT2D eigenvalue weighted by molar-refractivity contribution is 5.91. The number of carbonyl (C=O) groups is 1. The van der Waals surface area contributed by atoms with Crippen molar-refractivity contribution in [3.05, 3.63) is 44.8 Å². The zero-order valence-corrected chi connectivity index (χ0v) is 8.87. The van der Waals surface area contributed by atoms with Crippen LogP contribution >= 0.6 is 0 Å². The first kappa shape index (κ1) is 12.0.